The van der Waals surface area contributed by atoms with Crippen LogP contribution < -0.4 is 15.2 Å². The van der Waals surface area contributed by atoms with Crippen LogP contribution in [0, 0.1) is 0 Å². The van der Waals surface area contributed by atoms with Gasteiger partial charge in [-0.15, -0.1) is 12.4 Å². The molecular weight excluding hydrogens is 406 g/mol. The number of para-hydroxylation sites is 1. The summed E-state index contributed by atoms with van der Waals surface area (Å²) >= 11 is 0. The third kappa shape index (κ3) is 5.36. The maximum absolute atomic E-state index is 12.8. The molecule has 0 unspecified atom stereocenters. The molecule has 30 heavy (non-hydrogen) atoms. The van der Waals surface area contributed by atoms with Gasteiger partial charge in [-0.3, -0.25) is 9.59 Å². The number of carbonyl (C=O) groups is 2. The Morgan fingerprint density at radius 3 is 2.20 bits per heavy atom. The van der Waals surface area contributed by atoms with Gasteiger partial charge in [-0.2, -0.15) is 0 Å². The van der Waals surface area contributed by atoms with Crippen molar-refractivity contribution in [2.24, 2.45) is 0 Å². The van der Waals surface area contributed by atoms with Gasteiger partial charge in [-0.1, -0.05) is 18.2 Å². The Bertz CT molecular complexity index is 882. The average molecular weight is 434 g/mol. The van der Waals surface area contributed by atoms with E-state index in [9.17, 15) is 9.59 Å². The standard InChI is InChI=1S/C22H27N3O4.ClH/c1-28-19-9-7-17(15-20(19)29-2)22(27)25-13-11-24(12-14-25)21(26)10-8-16-5-3-4-6-18(16)23;/h3-7,9,15H,8,10-14,23H2,1-2H3;1H. The predicted octanol–water partition coefficient (Wildman–Crippen LogP) is 2.63. The summed E-state index contributed by atoms with van der Waals surface area (Å²) in [5, 5.41) is 0. The van der Waals surface area contributed by atoms with E-state index in [2.05, 4.69) is 0 Å². The first-order chi connectivity index (χ1) is 14.0. The molecule has 0 spiro atoms. The van der Waals surface area contributed by atoms with Crippen molar-refractivity contribution in [2.45, 2.75) is 12.8 Å². The lowest BCUT2D eigenvalue weighted by Crippen LogP contribution is -2.50. The number of amides is 2. The van der Waals surface area contributed by atoms with Gasteiger partial charge in [0.25, 0.3) is 5.91 Å². The molecule has 1 fully saturated rings. The second-order valence-electron chi connectivity index (χ2n) is 6.94. The Hall–Kier alpha value is -2.93. The van der Waals surface area contributed by atoms with Gasteiger partial charge in [-0.05, 0) is 36.2 Å². The molecule has 162 valence electrons. The maximum Gasteiger partial charge on any atom is 0.254 e. The third-order valence-electron chi connectivity index (χ3n) is 5.21. The summed E-state index contributed by atoms with van der Waals surface area (Å²) in [6.07, 6.45) is 1.04. The first-order valence-corrected chi connectivity index (χ1v) is 9.66. The summed E-state index contributed by atoms with van der Waals surface area (Å²) in [7, 11) is 3.10. The molecule has 0 aromatic heterocycles. The fourth-order valence-corrected chi connectivity index (χ4v) is 3.47. The van der Waals surface area contributed by atoms with E-state index in [1.165, 1.54) is 0 Å². The number of ether oxygens (including phenoxy) is 2. The Kier molecular flexibility index (Phi) is 8.35. The van der Waals surface area contributed by atoms with Crippen molar-refractivity contribution in [3.63, 3.8) is 0 Å². The molecule has 0 atom stereocenters. The molecule has 0 radical (unpaired) electrons. The van der Waals surface area contributed by atoms with Gasteiger partial charge in [-0.25, -0.2) is 0 Å². The van der Waals surface area contributed by atoms with Crippen LogP contribution in [0.25, 0.3) is 0 Å². The second kappa shape index (κ2) is 10.7. The first-order valence-electron chi connectivity index (χ1n) is 9.66. The van der Waals surface area contributed by atoms with Crippen molar-refractivity contribution in [1.82, 2.24) is 9.80 Å². The second-order valence-corrected chi connectivity index (χ2v) is 6.94. The Morgan fingerprint density at radius 2 is 1.57 bits per heavy atom. The summed E-state index contributed by atoms with van der Waals surface area (Å²) in [5.74, 6) is 1.12. The van der Waals surface area contributed by atoms with E-state index in [1.54, 1.807) is 37.3 Å². The topological polar surface area (TPSA) is 85.1 Å². The highest BCUT2D eigenvalue weighted by atomic mass is 35.5. The summed E-state index contributed by atoms with van der Waals surface area (Å²) < 4.78 is 10.5. The Morgan fingerprint density at radius 1 is 0.933 bits per heavy atom. The number of anilines is 1. The number of benzene rings is 2. The van der Waals surface area contributed by atoms with Crippen LogP contribution in [-0.2, 0) is 11.2 Å². The summed E-state index contributed by atoms with van der Waals surface area (Å²) in [5.41, 5.74) is 8.19. The summed E-state index contributed by atoms with van der Waals surface area (Å²) in [6.45, 7) is 2.07. The van der Waals surface area contributed by atoms with Crippen LogP contribution in [-0.4, -0.2) is 62.0 Å². The molecule has 0 aliphatic carbocycles. The number of nitrogens with zero attached hydrogens (tertiary/aromatic N) is 2. The molecule has 2 amide bonds. The van der Waals surface area contributed by atoms with E-state index in [0.717, 1.165) is 5.56 Å². The molecule has 2 aromatic rings. The monoisotopic (exact) mass is 433 g/mol. The molecule has 1 heterocycles. The number of nitrogen functional groups attached to an aromatic ring is 1. The van der Waals surface area contributed by atoms with Crippen LogP contribution in [0.2, 0.25) is 0 Å². The highest BCUT2D eigenvalue weighted by Gasteiger charge is 2.25. The number of halogens is 1. The van der Waals surface area contributed by atoms with E-state index in [4.69, 9.17) is 15.2 Å². The SMILES string of the molecule is COc1ccc(C(=O)N2CCN(C(=O)CCc3ccccc3N)CC2)cc1OC.Cl. The number of rotatable bonds is 6. The van der Waals surface area contributed by atoms with Crippen molar-refractivity contribution >= 4 is 29.9 Å². The van der Waals surface area contributed by atoms with Crippen molar-refractivity contribution in [1.29, 1.82) is 0 Å². The lowest BCUT2D eigenvalue weighted by atomic mass is 10.1. The van der Waals surface area contributed by atoms with E-state index in [-0.39, 0.29) is 24.2 Å². The van der Waals surface area contributed by atoms with Gasteiger partial charge in [0.15, 0.2) is 11.5 Å². The zero-order valence-electron chi connectivity index (χ0n) is 17.3. The van der Waals surface area contributed by atoms with Crippen molar-refractivity contribution < 1.29 is 19.1 Å². The molecule has 1 aliphatic heterocycles. The molecule has 2 aromatic carbocycles. The van der Waals surface area contributed by atoms with Gasteiger partial charge >= 0.3 is 0 Å². The lowest BCUT2D eigenvalue weighted by molar-refractivity contribution is -0.132. The van der Waals surface area contributed by atoms with E-state index < -0.39 is 0 Å². The highest BCUT2D eigenvalue weighted by molar-refractivity contribution is 5.95. The number of piperazine rings is 1. The van der Waals surface area contributed by atoms with E-state index in [0.29, 0.717) is 61.8 Å². The quantitative estimate of drug-likeness (QED) is 0.708. The van der Waals surface area contributed by atoms with E-state index in [1.807, 2.05) is 29.2 Å². The molecule has 0 bridgehead atoms. The van der Waals surface area contributed by atoms with Gasteiger partial charge in [0.2, 0.25) is 5.91 Å². The summed E-state index contributed by atoms with van der Waals surface area (Å²) in [6, 6.07) is 12.7. The minimum atomic E-state index is -0.0740. The first kappa shape index (κ1) is 23.3. The zero-order chi connectivity index (χ0) is 20.8. The number of carbonyl (C=O) groups excluding carboxylic acids is 2. The van der Waals surface area contributed by atoms with Crippen LogP contribution in [0.15, 0.2) is 42.5 Å². The molecule has 1 aliphatic rings. The number of methoxy groups -OCH3 is 2. The normalized spacial score (nSPS) is 13.4. The van der Waals surface area contributed by atoms with Crippen LogP contribution in [0.3, 0.4) is 0 Å². The molecule has 7 nitrogen and oxygen atoms in total. The molecule has 3 rings (SSSR count). The smallest absolute Gasteiger partial charge is 0.254 e. The summed E-state index contributed by atoms with van der Waals surface area (Å²) in [4.78, 5) is 28.9. The molecule has 8 heteroatoms. The number of hydrogen-bond donors (Lipinski definition) is 1. The number of nitrogens with two attached hydrogens (primary N) is 1. The van der Waals surface area contributed by atoms with Crippen molar-refractivity contribution in [3.05, 3.63) is 53.6 Å². The lowest BCUT2D eigenvalue weighted by Gasteiger charge is -2.35. The largest absolute Gasteiger partial charge is 0.493 e. The Balaban J connectivity index is 0.00000320. The van der Waals surface area contributed by atoms with Gasteiger partial charge in [0, 0.05) is 43.9 Å². The maximum atomic E-state index is 12.8. The molecule has 2 N–H and O–H groups in total. The minimum Gasteiger partial charge on any atom is -0.493 e. The zero-order valence-corrected chi connectivity index (χ0v) is 18.1. The third-order valence-corrected chi connectivity index (χ3v) is 5.21. The van der Waals surface area contributed by atoms with E-state index >= 15 is 0 Å². The van der Waals surface area contributed by atoms with Gasteiger partial charge in [0.1, 0.15) is 0 Å². The van der Waals surface area contributed by atoms with Gasteiger partial charge in [0.05, 0.1) is 14.2 Å². The number of aryl methyl sites for hydroxylation is 1. The van der Waals surface area contributed by atoms with Crippen LogP contribution >= 0.6 is 12.4 Å². The predicted molar refractivity (Wildman–Crippen MR) is 118 cm³/mol. The molecular formula is C22H28ClN3O4. The van der Waals surface area contributed by atoms with Crippen LogP contribution in [0.1, 0.15) is 22.3 Å². The number of hydrogen-bond acceptors (Lipinski definition) is 5. The van der Waals surface area contributed by atoms with Crippen LogP contribution in [0.5, 0.6) is 11.5 Å². The van der Waals surface area contributed by atoms with Crippen molar-refractivity contribution in [3.8, 4) is 11.5 Å². The Labute approximate surface area is 183 Å². The molecule has 0 saturated carbocycles. The van der Waals surface area contributed by atoms with Crippen molar-refractivity contribution in [2.75, 3.05) is 46.1 Å². The fourth-order valence-electron chi connectivity index (χ4n) is 3.47. The van der Waals surface area contributed by atoms with Gasteiger partial charge < -0.3 is 25.0 Å². The fraction of sp³-hybridized carbons (Fsp3) is 0.364. The highest BCUT2D eigenvalue weighted by Crippen LogP contribution is 2.28. The van der Waals surface area contributed by atoms with Crippen LogP contribution in [0.4, 0.5) is 5.69 Å². The average Bonchev–Trinajstić information content (AvgIpc) is 2.77. The minimum absolute atomic E-state index is 0. The molecule has 1 saturated heterocycles.